The summed E-state index contributed by atoms with van der Waals surface area (Å²) < 4.78 is 0. The van der Waals surface area contributed by atoms with Gasteiger partial charge in [-0.15, -0.1) is 0 Å². The molecule has 1 nitrogen and oxygen atoms in total. The molecule has 0 fully saturated rings. The molecular formula is C25H44O. The Morgan fingerprint density at radius 2 is 1.04 bits per heavy atom. The highest BCUT2D eigenvalue weighted by atomic mass is 16.3. The van der Waals surface area contributed by atoms with E-state index in [1.54, 1.807) is 0 Å². The van der Waals surface area contributed by atoms with Crippen LogP contribution in [0.15, 0.2) is 12.1 Å². The summed E-state index contributed by atoms with van der Waals surface area (Å²) >= 11 is 0. The summed E-state index contributed by atoms with van der Waals surface area (Å²) in [5.41, 5.74) is 4.24. The normalized spacial score (nSPS) is 11.2. The van der Waals surface area contributed by atoms with E-state index < -0.39 is 0 Å². The minimum absolute atomic E-state index is 0.541. The molecule has 1 rings (SSSR count). The van der Waals surface area contributed by atoms with Gasteiger partial charge in [-0.1, -0.05) is 91.0 Å². The summed E-state index contributed by atoms with van der Waals surface area (Å²) in [6.07, 6.45) is 20.4. The largest absolute Gasteiger partial charge is 0.508 e. The van der Waals surface area contributed by atoms with Crippen molar-refractivity contribution >= 4 is 0 Å². The van der Waals surface area contributed by atoms with Gasteiger partial charge >= 0.3 is 0 Å². The van der Waals surface area contributed by atoms with E-state index in [0.29, 0.717) is 5.75 Å². The van der Waals surface area contributed by atoms with Crippen LogP contribution in [0.5, 0.6) is 5.75 Å². The van der Waals surface area contributed by atoms with Gasteiger partial charge in [0.15, 0.2) is 0 Å². The number of phenols is 1. The molecule has 0 bridgehead atoms. The monoisotopic (exact) mass is 360 g/mol. The molecule has 0 aliphatic heterocycles. The van der Waals surface area contributed by atoms with Gasteiger partial charge in [0.1, 0.15) is 5.75 Å². The summed E-state index contributed by atoms with van der Waals surface area (Å²) in [4.78, 5) is 0. The molecule has 0 atom stereocenters. The Morgan fingerprint density at radius 1 is 0.538 bits per heavy atom. The number of hydrogen-bond donors (Lipinski definition) is 1. The summed E-state index contributed by atoms with van der Waals surface area (Å²) in [7, 11) is 0. The fourth-order valence-electron chi connectivity index (χ4n) is 3.91. The van der Waals surface area contributed by atoms with Gasteiger partial charge in [0.25, 0.3) is 0 Å². The molecule has 0 heterocycles. The Morgan fingerprint density at radius 3 is 1.69 bits per heavy atom. The van der Waals surface area contributed by atoms with Gasteiger partial charge in [0.2, 0.25) is 0 Å². The maximum absolute atomic E-state index is 10.5. The summed E-state index contributed by atoms with van der Waals surface area (Å²) in [6, 6.07) is 4.14. The number of rotatable bonds is 16. The smallest absolute Gasteiger partial charge is 0.119 e. The molecule has 0 saturated carbocycles. The average molecular weight is 361 g/mol. The molecule has 0 amide bonds. The lowest BCUT2D eigenvalue weighted by atomic mass is 9.90. The lowest BCUT2D eigenvalue weighted by molar-refractivity contribution is 0.463. The van der Waals surface area contributed by atoms with Crippen LogP contribution in [0.2, 0.25) is 0 Å². The molecule has 1 N–H and O–H groups in total. The zero-order valence-electron chi connectivity index (χ0n) is 17.9. The van der Waals surface area contributed by atoms with Gasteiger partial charge in [0.05, 0.1) is 0 Å². The van der Waals surface area contributed by atoms with Crippen molar-refractivity contribution in [3.63, 3.8) is 0 Å². The maximum Gasteiger partial charge on any atom is 0.119 e. The Hall–Kier alpha value is -0.980. The van der Waals surface area contributed by atoms with E-state index in [1.807, 2.05) is 6.07 Å². The van der Waals surface area contributed by atoms with Crippen molar-refractivity contribution in [1.29, 1.82) is 0 Å². The first-order valence-electron chi connectivity index (χ1n) is 11.6. The van der Waals surface area contributed by atoms with Crippen LogP contribution in [0.4, 0.5) is 0 Å². The highest BCUT2D eigenvalue weighted by Gasteiger charge is 2.12. The van der Waals surface area contributed by atoms with Crippen LogP contribution in [0.25, 0.3) is 0 Å². The predicted octanol–water partition coefficient (Wildman–Crippen LogP) is 8.15. The van der Waals surface area contributed by atoms with Gasteiger partial charge in [-0.05, 0) is 61.3 Å². The third-order valence-corrected chi connectivity index (χ3v) is 5.61. The molecule has 0 saturated heterocycles. The van der Waals surface area contributed by atoms with Crippen LogP contribution in [-0.4, -0.2) is 5.11 Å². The minimum Gasteiger partial charge on any atom is -0.508 e. The Kier molecular flexibility index (Phi) is 13.4. The van der Waals surface area contributed by atoms with E-state index in [9.17, 15) is 5.11 Å². The zero-order valence-corrected chi connectivity index (χ0v) is 17.9. The standard InChI is InChI=1S/C25H44O/c1-4-7-10-11-12-13-14-16-19-24-23(18-15-8-5-2)22(17-9-6-3)20-21-25(24)26/h20-21,26H,4-19H2,1-3H3. The topological polar surface area (TPSA) is 20.2 Å². The van der Waals surface area contributed by atoms with Gasteiger partial charge < -0.3 is 5.11 Å². The van der Waals surface area contributed by atoms with Crippen LogP contribution in [0.1, 0.15) is 121 Å². The van der Waals surface area contributed by atoms with Crippen molar-refractivity contribution in [2.45, 2.75) is 124 Å². The van der Waals surface area contributed by atoms with Crippen LogP contribution >= 0.6 is 0 Å². The van der Waals surface area contributed by atoms with Crippen LogP contribution in [-0.2, 0) is 19.3 Å². The van der Waals surface area contributed by atoms with Gasteiger partial charge in [0, 0.05) is 0 Å². The molecular weight excluding hydrogens is 316 g/mol. The second-order valence-electron chi connectivity index (χ2n) is 7.99. The predicted molar refractivity (Wildman–Crippen MR) is 116 cm³/mol. The molecule has 1 heteroatoms. The molecule has 0 aromatic heterocycles. The number of phenolic OH excluding ortho intramolecular Hbond substituents is 1. The van der Waals surface area contributed by atoms with E-state index in [0.717, 1.165) is 12.8 Å². The van der Waals surface area contributed by atoms with Gasteiger partial charge in [-0.3, -0.25) is 0 Å². The first-order valence-corrected chi connectivity index (χ1v) is 11.6. The van der Waals surface area contributed by atoms with Gasteiger partial charge in [-0.25, -0.2) is 0 Å². The summed E-state index contributed by atoms with van der Waals surface area (Å²) in [6.45, 7) is 6.81. The average Bonchev–Trinajstić information content (AvgIpc) is 2.65. The van der Waals surface area contributed by atoms with Crippen LogP contribution in [0, 0.1) is 0 Å². The SMILES string of the molecule is CCCCCCCCCCc1c(O)ccc(CCCC)c1CCCCC. The third-order valence-electron chi connectivity index (χ3n) is 5.61. The molecule has 26 heavy (non-hydrogen) atoms. The van der Waals surface area contributed by atoms with Gasteiger partial charge in [-0.2, -0.15) is 0 Å². The van der Waals surface area contributed by atoms with E-state index in [2.05, 4.69) is 26.8 Å². The molecule has 1 aromatic rings. The first kappa shape index (κ1) is 23.1. The molecule has 0 spiro atoms. The van der Waals surface area contributed by atoms with Crippen LogP contribution < -0.4 is 0 Å². The van der Waals surface area contributed by atoms with Crippen LogP contribution in [0.3, 0.4) is 0 Å². The fraction of sp³-hybridized carbons (Fsp3) is 0.760. The highest BCUT2D eigenvalue weighted by Crippen LogP contribution is 2.29. The molecule has 1 aromatic carbocycles. The second kappa shape index (κ2) is 15.1. The van der Waals surface area contributed by atoms with Crippen molar-refractivity contribution in [3.05, 3.63) is 28.8 Å². The van der Waals surface area contributed by atoms with E-state index >= 15 is 0 Å². The quantitative estimate of drug-likeness (QED) is 0.295. The summed E-state index contributed by atoms with van der Waals surface area (Å²) in [5, 5.41) is 10.5. The van der Waals surface area contributed by atoms with Crippen molar-refractivity contribution in [1.82, 2.24) is 0 Å². The first-order chi connectivity index (χ1) is 12.7. The van der Waals surface area contributed by atoms with Crippen molar-refractivity contribution in [2.75, 3.05) is 0 Å². The lowest BCUT2D eigenvalue weighted by Crippen LogP contribution is -2.02. The molecule has 0 unspecified atom stereocenters. The molecule has 150 valence electrons. The van der Waals surface area contributed by atoms with E-state index in [-0.39, 0.29) is 0 Å². The van der Waals surface area contributed by atoms with Crippen molar-refractivity contribution in [2.24, 2.45) is 0 Å². The number of unbranched alkanes of at least 4 members (excludes halogenated alkanes) is 10. The van der Waals surface area contributed by atoms with Crippen molar-refractivity contribution in [3.8, 4) is 5.75 Å². The number of aryl methyl sites for hydroxylation is 1. The van der Waals surface area contributed by atoms with E-state index in [1.165, 1.54) is 107 Å². The minimum atomic E-state index is 0.541. The van der Waals surface area contributed by atoms with Crippen molar-refractivity contribution < 1.29 is 5.11 Å². The zero-order chi connectivity index (χ0) is 19.0. The molecule has 0 radical (unpaired) electrons. The fourth-order valence-corrected chi connectivity index (χ4v) is 3.91. The Balaban J connectivity index is 2.59. The molecule has 0 aliphatic rings. The maximum atomic E-state index is 10.5. The second-order valence-corrected chi connectivity index (χ2v) is 7.99. The number of aromatic hydroxyl groups is 1. The lowest BCUT2D eigenvalue weighted by Gasteiger charge is -2.17. The summed E-state index contributed by atoms with van der Waals surface area (Å²) in [5.74, 6) is 0.541. The molecule has 0 aliphatic carbocycles. The Bertz CT molecular complexity index is 463. The highest BCUT2D eigenvalue weighted by molar-refractivity contribution is 5.45. The Labute approximate surface area is 163 Å². The van der Waals surface area contributed by atoms with E-state index in [4.69, 9.17) is 0 Å². The third kappa shape index (κ3) is 9.10. The number of benzene rings is 1. The number of hydrogen-bond acceptors (Lipinski definition) is 1.